The van der Waals surface area contributed by atoms with Gasteiger partial charge in [0.25, 0.3) is 5.56 Å². The summed E-state index contributed by atoms with van der Waals surface area (Å²) in [7, 11) is -9.74. The van der Waals surface area contributed by atoms with Gasteiger partial charge in [-0.3, -0.25) is 23.4 Å². The van der Waals surface area contributed by atoms with Crippen LogP contribution in [0.2, 0.25) is 0 Å². The van der Waals surface area contributed by atoms with Crippen molar-refractivity contribution < 1.29 is 42.0 Å². The second-order valence-electron chi connectivity index (χ2n) is 10.2. The van der Waals surface area contributed by atoms with Crippen LogP contribution in [-0.4, -0.2) is 50.5 Å². The Hall–Kier alpha value is -3.22. The van der Waals surface area contributed by atoms with E-state index in [0.29, 0.717) is 17.4 Å². The summed E-state index contributed by atoms with van der Waals surface area (Å²) in [6, 6.07) is 22.9. The van der Waals surface area contributed by atoms with E-state index in [0.717, 1.165) is 21.6 Å². The lowest BCUT2D eigenvalue weighted by molar-refractivity contribution is -0.150. The Labute approximate surface area is 244 Å². The minimum atomic E-state index is -5.08. The fourth-order valence-electron chi connectivity index (χ4n) is 5.32. The van der Waals surface area contributed by atoms with Crippen LogP contribution in [0.5, 0.6) is 0 Å². The quantitative estimate of drug-likeness (QED) is 0.219. The van der Waals surface area contributed by atoms with Crippen molar-refractivity contribution in [1.29, 1.82) is 0 Å². The number of H-pyrrole nitrogens is 1. The summed E-state index contributed by atoms with van der Waals surface area (Å²) in [5, 5.41) is 1.53. The zero-order valence-corrected chi connectivity index (χ0v) is 24.3. The van der Waals surface area contributed by atoms with Crippen molar-refractivity contribution in [3.05, 3.63) is 117 Å². The normalized spacial score (nSPS) is 26.1. The molecule has 4 unspecified atom stereocenters. The lowest BCUT2D eigenvalue weighted by atomic mass is 10.1. The molecule has 2 fully saturated rings. The van der Waals surface area contributed by atoms with Crippen LogP contribution in [0, 0.1) is 0 Å². The lowest BCUT2D eigenvalue weighted by Gasteiger charge is -2.22. The Morgan fingerprint density at radius 1 is 0.860 bits per heavy atom. The molecule has 0 amide bonds. The third-order valence-corrected chi connectivity index (χ3v) is 10.2. The molecule has 0 radical (unpaired) electrons. The molecule has 0 aliphatic carbocycles. The second kappa shape index (κ2) is 12.0. The predicted molar refractivity (Wildman–Crippen MR) is 153 cm³/mol. The van der Waals surface area contributed by atoms with E-state index in [2.05, 4.69) is 4.98 Å². The van der Waals surface area contributed by atoms with Crippen molar-refractivity contribution in [2.75, 3.05) is 6.61 Å². The summed E-state index contributed by atoms with van der Waals surface area (Å²) in [6.45, 7) is -0.598. The highest BCUT2D eigenvalue weighted by Crippen LogP contribution is 2.62. The topological polar surface area (TPSA) is 176 Å². The third kappa shape index (κ3) is 6.81. The highest BCUT2D eigenvalue weighted by atomic mass is 31.3. The first-order valence-corrected chi connectivity index (χ1v) is 16.6. The van der Waals surface area contributed by atoms with Gasteiger partial charge < -0.3 is 24.0 Å². The first-order valence-electron chi connectivity index (χ1n) is 13.4. The maximum absolute atomic E-state index is 12.9. The van der Waals surface area contributed by atoms with E-state index in [9.17, 15) is 28.5 Å². The van der Waals surface area contributed by atoms with Gasteiger partial charge in [-0.1, -0.05) is 72.8 Å². The Bertz CT molecular complexity index is 1820. The molecule has 2 saturated heterocycles. The number of ether oxygens (including phenoxy) is 3. The molecule has 4 aromatic rings. The van der Waals surface area contributed by atoms with Crippen molar-refractivity contribution in [2.24, 2.45) is 0 Å². The van der Waals surface area contributed by atoms with E-state index in [1.165, 1.54) is 6.20 Å². The van der Waals surface area contributed by atoms with Crippen LogP contribution in [0.25, 0.3) is 10.8 Å². The van der Waals surface area contributed by atoms with Crippen LogP contribution in [0.15, 0.2) is 94.6 Å². The number of phosphoric acid groups is 1. The monoisotopic (exact) mass is 630 g/mol. The number of hydrogen-bond acceptors (Lipinski definition) is 9. The summed E-state index contributed by atoms with van der Waals surface area (Å²) in [5.74, 6) is 0. The smallest absolute Gasteiger partial charge is 0.346 e. The van der Waals surface area contributed by atoms with Gasteiger partial charge in [-0.05, 0) is 21.9 Å². The number of phosphoric ester groups is 1. The van der Waals surface area contributed by atoms with Crippen LogP contribution in [0.3, 0.4) is 0 Å². The molecular formula is C28H28N2O11P2. The molecule has 3 N–H and O–H groups in total. The molecule has 2 aliphatic heterocycles. The molecule has 3 aromatic carbocycles. The van der Waals surface area contributed by atoms with Crippen molar-refractivity contribution in [1.82, 2.24) is 9.55 Å². The molecule has 0 saturated carbocycles. The van der Waals surface area contributed by atoms with E-state index < -0.39 is 70.3 Å². The predicted octanol–water partition coefficient (Wildman–Crippen LogP) is 3.46. The van der Waals surface area contributed by atoms with Gasteiger partial charge >= 0.3 is 21.1 Å². The molecule has 1 aromatic heterocycles. The Morgan fingerprint density at radius 3 is 2.37 bits per heavy atom. The Balaban J connectivity index is 1.16. The molecular weight excluding hydrogens is 602 g/mol. The van der Waals surface area contributed by atoms with Gasteiger partial charge in [-0.2, -0.15) is 0 Å². The maximum atomic E-state index is 12.9. The zero-order valence-electron chi connectivity index (χ0n) is 22.5. The van der Waals surface area contributed by atoms with Gasteiger partial charge in [0.05, 0.1) is 12.8 Å². The van der Waals surface area contributed by atoms with Crippen LogP contribution in [-0.2, 0) is 44.8 Å². The van der Waals surface area contributed by atoms with Crippen molar-refractivity contribution in [3.63, 3.8) is 0 Å². The van der Waals surface area contributed by atoms with Gasteiger partial charge in [0.15, 0.2) is 12.5 Å². The van der Waals surface area contributed by atoms with Gasteiger partial charge in [-0.25, -0.2) is 13.7 Å². The highest BCUT2D eigenvalue weighted by molar-refractivity contribution is 7.63. The Morgan fingerprint density at radius 2 is 1.58 bits per heavy atom. The van der Waals surface area contributed by atoms with Gasteiger partial charge in [0, 0.05) is 18.7 Å². The molecule has 0 spiro atoms. The molecule has 13 nitrogen and oxygen atoms in total. The molecule has 226 valence electrons. The number of rotatable bonds is 10. The summed E-state index contributed by atoms with van der Waals surface area (Å²) < 4.78 is 54.9. The SMILES string of the molecule is O=c1ccn([C@@H]2O[C@H](COP(=O)(O)OP(=O)(O)Cc3cccc4ccccc34)[C@@H]3OC(Cc4ccccc4)OC32)c(=O)[nH]1. The minimum Gasteiger partial charge on any atom is -0.346 e. The van der Waals surface area contributed by atoms with E-state index >= 15 is 0 Å². The summed E-state index contributed by atoms with van der Waals surface area (Å²) in [5.41, 5.74) is 0.0356. The van der Waals surface area contributed by atoms with Gasteiger partial charge in [0.2, 0.25) is 0 Å². The van der Waals surface area contributed by atoms with Crippen LogP contribution in [0.1, 0.15) is 17.4 Å². The summed E-state index contributed by atoms with van der Waals surface area (Å²) in [6.07, 6.45) is -3.46. The minimum absolute atomic E-state index is 0.373. The summed E-state index contributed by atoms with van der Waals surface area (Å²) in [4.78, 5) is 47.2. The van der Waals surface area contributed by atoms with Gasteiger partial charge in [0.1, 0.15) is 18.3 Å². The number of nitrogens with zero attached hydrogens (tertiary/aromatic N) is 1. The zero-order chi connectivity index (χ0) is 30.2. The van der Waals surface area contributed by atoms with E-state index in [1.807, 2.05) is 48.5 Å². The third-order valence-electron chi connectivity index (χ3n) is 7.16. The van der Waals surface area contributed by atoms with E-state index in [1.54, 1.807) is 24.3 Å². The highest BCUT2D eigenvalue weighted by Gasteiger charge is 2.54. The van der Waals surface area contributed by atoms with E-state index in [-0.39, 0.29) is 0 Å². The number of aromatic amines is 1. The molecule has 15 heteroatoms. The molecule has 2 aliphatic rings. The average molecular weight is 630 g/mol. The number of nitrogens with one attached hydrogen (secondary N) is 1. The molecule has 6 rings (SSSR count). The first-order chi connectivity index (χ1) is 20.6. The lowest BCUT2D eigenvalue weighted by Crippen LogP contribution is -2.36. The Kier molecular flexibility index (Phi) is 8.36. The standard InChI is InChI=1S/C28H28N2O11P2/c31-23-13-14-30(28(32)29-23)27-26-25(39-24(40-26)15-18-7-2-1-3-8-18)22(38-27)16-37-43(35,36)41-42(33,34)17-20-11-6-10-19-9-4-5-12-21(19)20/h1-14,22,24-27H,15-17H2,(H,33,34)(H,35,36)(H,29,31,32)/t22-,24?,25+,26?,27-/m1/s1. The van der Waals surface area contributed by atoms with E-state index in [4.69, 9.17) is 23.0 Å². The number of fused-ring (bicyclic) bond motifs is 2. The first kappa shape index (κ1) is 29.8. The van der Waals surface area contributed by atoms with Crippen LogP contribution >= 0.6 is 15.4 Å². The summed E-state index contributed by atoms with van der Waals surface area (Å²) >= 11 is 0. The maximum Gasteiger partial charge on any atom is 0.479 e. The number of hydrogen-bond donors (Lipinski definition) is 3. The molecule has 7 atom stereocenters. The van der Waals surface area contributed by atoms with Crippen molar-refractivity contribution >= 4 is 26.2 Å². The molecule has 43 heavy (non-hydrogen) atoms. The number of benzene rings is 3. The largest absolute Gasteiger partial charge is 0.479 e. The van der Waals surface area contributed by atoms with Crippen molar-refractivity contribution in [2.45, 2.75) is 43.4 Å². The molecule has 3 heterocycles. The molecule has 0 bridgehead atoms. The van der Waals surface area contributed by atoms with Gasteiger partial charge in [-0.15, -0.1) is 0 Å². The van der Waals surface area contributed by atoms with Crippen molar-refractivity contribution in [3.8, 4) is 0 Å². The fraction of sp³-hybridized carbons (Fsp3) is 0.286. The van der Waals surface area contributed by atoms with Crippen LogP contribution < -0.4 is 11.2 Å². The van der Waals surface area contributed by atoms with Crippen LogP contribution in [0.4, 0.5) is 0 Å². The fourth-order valence-corrected chi connectivity index (χ4v) is 8.07. The second-order valence-corrected chi connectivity index (χ2v) is 13.6. The average Bonchev–Trinajstić information content (AvgIpc) is 3.51. The number of aromatic nitrogens is 2.